The Morgan fingerprint density at radius 1 is 1.00 bits per heavy atom. The molecule has 0 unspecified atom stereocenters. The first-order valence-electron chi connectivity index (χ1n) is 7.69. The first-order valence-corrected chi connectivity index (χ1v) is 8.07. The lowest BCUT2D eigenvalue weighted by Gasteiger charge is -2.14. The van der Waals surface area contributed by atoms with Crippen LogP contribution in [0.3, 0.4) is 0 Å². The molecule has 1 aliphatic heterocycles. The van der Waals surface area contributed by atoms with Crippen LogP contribution in [-0.2, 0) is 16.0 Å². The molecule has 3 rings (SSSR count). The average Bonchev–Trinajstić information content (AvgIpc) is 2.84. The molecule has 0 radical (unpaired) electrons. The summed E-state index contributed by atoms with van der Waals surface area (Å²) in [6.45, 7) is 0.184. The van der Waals surface area contributed by atoms with E-state index in [0.29, 0.717) is 22.8 Å². The summed E-state index contributed by atoms with van der Waals surface area (Å²) in [6.07, 6.45) is 0.484. The molecular formula is C19H16ClNO4. The first kappa shape index (κ1) is 17.0. The van der Waals surface area contributed by atoms with Crippen LogP contribution in [0, 0.1) is 0 Å². The van der Waals surface area contributed by atoms with Crippen molar-refractivity contribution in [2.24, 2.45) is 0 Å². The number of carbonyl (C=O) groups is 2. The van der Waals surface area contributed by atoms with Crippen molar-refractivity contribution in [1.82, 2.24) is 4.90 Å². The van der Waals surface area contributed by atoms with Gasteiger partial charge in [0.15, 0.2) is 5.76 Å². The second-order valence-corrected chi connectivity index (χ2v) is 6.03. The maximum atomic E-state index is 12.6. The van der Waals surface area contributed by atoms with Gasteiger partial charge in [-0.2, -0.15) is 0 Å². The van der Waals surface area contributed by atoms with Crippen LogP contribution < -0.4 is 4.74 Å². The third kappa shape index (κ3) is 3.37. The lowest BCUT2D eigenvalue weighted by atomic mass is 10.1. The van der Waals surface area contributed by atoms with Crippen molar-refractivity contribution < 1.29 is 19.4 Å². The number of halogens is 1. The van der Waals surface area contributed by atoms with E-state index in [-0.39, 0.29) is 12.1 Å². The van der Waals surface area contributed by atoms with Crippen LogP contribution in [0.15, 0.2) is 54.3 Å². The van der Waals surface area contributed by atoms with E-state index in [9.17, 15) is 14.7 Å². The molecule has 2 amide bonds. The molecule has 0 saturated carbocycles. The molecule has 0 atom stereocenters. The second-order valence-electron chi connectivity index (χ2n) is 5.59. The third-order valence-electron chi connectivity index (χ3n) is 4.06. The number of amides is 2. The lowest BCUT2D eigenvalue weighted by Crippen LogP contribution is -2.33. The topological polar surface area (TPSA) is 66.8 Å². The summed E-state index contributed by atoms with van der Waals surface area (Å²) < 4.78 is 5.07. The fraction of sp³-hybridized carbons (Fsp3) is 0.158. The van der Waals surface area contributed by atoms with Crippen molar-refractivity contribution in [3.05, 3.63) is 70.4 Å². The Morgan fingerprint density at radius 3 is 2.24 bits per heavy atom. The van der Waals surface area contributed by atoms with Gasteiger partial charge in [0, 0.05) is 11.6 Å². The molecule has 0 saturated heterocycles. The molecule has 2 aromatic carbocycles. The smallest absolute Gasteiger partial charge is 0.296 e. The van der Waals surface area contributed by atoms with Crippen LogP contribution in [-0.4, -0.2) is 35.5 Å². The average molecular weight is 358 g/mol. The van der Waals surface area contributed by atoms with Crippen molar-refractivity contribution in [2.75, 3.05) is 13.7 Å². The molecule has 6 heteroatoms. The second kappa shape index (κ2) is 6.99. The summed E-state index contributed by atoms with van der Waals surface area (Å²) in [6, 6.07) is 13.8. The number of benzene rings is 2. The van der Waals surface area contributed by atoms with E-state index in [1.54, 1.807) is 36.4 Å². The molecule has 2 aromatic rings. The minimum Gasteiger partial charge on any atom is -0.502 e. The Bertz CT molecular complexity index is 841. The highest BCUT2D eigenvalue weighted by Crippen LogP contribution is 2.29. The summed E-state index contributed by atoms with van der Waals surface area (Å²) in [5.41, 5.74) is 1.44. The standard InChI is InChI=1S/C19H16ClNO4/c1-25-15-8-4-13(5-9-15)16-17(22)19(24)21(18(16)23)11-10-12-2-6-14(20)7-3-12/h2-9,22H,10-11H2,1H3. The van der Waals surface area contributed by atoms with Gasteiger partial charge in [-0.05, 0) is 41.8 Å². The van der Waals surface area contributed by atoms with E-state index < -0.39 is 17.6 Å². The maximum Gasteiger partial charge on any atom is 0.296 e. The highest BCUT2D eigenvalue weighted by Gasteiger charge is 2.38. The number of rotatable bonds is 5. The van der Waals surface area contributed by atoms with Crippen molar-refractivity contribution >= 4 is 29.0 Å². The van der Waals surface area contributed by atoms with Gasteiger partial charge in [0.1, 0.15) is 5.75 Å². The van der Waals surface area contributed by atoms with Gasteiger partial charge in [0.2, 0.25) is 0 Å². The SMILES string of the molecule is COc1ccc(C2=C(O)C(=O)N(CCc3ccc(Cl)cc3)C2=O)cc1. The molecular weight excluding hydrogens is 342 g/mol. The number of aliphatic hydroxyl groups excluding tert-OH is 1. The summed E-state index contributed by atoms with van der Waals surface area (Å²) >= 11 is 5.85. The molecule has 0 aromatic heterocycles. The number of ether oxygens (including phenoxy) is 1. The normalized spacial score (nSPS) is 14.4. The summed E-state index contributed by atoms with van der Waals surface area (Å²) in [5, 5.41) is 10.8. The number of carbonyl (C=O) groups excluding carboxylic acids is 2. The predicted octanol–water partition coefficient (Wildman–Crippen LogP) is 3.23. The molecule has 25 heavy (non-hydrogen) atoms. The van der Waals surface area contributed by atoms with Crippen molar-refractivity contribution in [1.29, 1.82) is 0 Å². The van der Waals surface area contributed by atoms with Crippen LogP contribution in [0.5, 0.6) is 5.75 Å². The number of hydrogen-bond donors (Lipinski definition) is 1. The van der Waals surface area contributed by atoms with E-state index in [1.807, 2.05) is 12.1 Å². The highest BCUT2D eigenvalue weighted by atomic mass is 35.5. The Kier molecular flexibility index (Phi) is 4.76. The predicted molar refractivity (Wildman–Crippen MR) is 94.4 cm³/mol. The van der Waals surface area contributed by atoms with Crippen molar-refractivity contribution in [3.8, 4) is 5.75 Å². The van der Waals surface area contributed by atoms with Crippen LogP contribution >= 0.6 is 11.6 Å². The molecule has 1 N–H and O–H groups in total. The van der Waals surface area contributed by atoms with Crippen molar-refractivity contribution in [3.63, 3.8) is 0 Å². The van der Waals surface area contributed by atoms with Crippen LogP contribution in [0.1, 0.15) is 11.1 Å². The van der Waals surface area contributed by atoms with Gasteiger partial charge in [0.05, 0.1) is 12.7 Å². The largest absolute Gasteiger partial charge is 0.502 e. The van der Waals surface area contributed by atoms with E-state index in [0.717, 1.165) is 10.5 Å². The van der Waals surface area contributed by atoms with Gasteiger partial charge >= 0.3 is 0 Å². The zero-order valence-corrected chi connectivity index (χ0v) is 14.3. The van der Waals surface area contributed by atoms with E-state index in [2.05, 4.69) is 0 Å². The fourth-order valence-corrected chi connectivity index (χ4v) is 2.80. The zero-order chi connectivity index (χ0) is 18.0. The summed E-state index contributed by atoms with van der Waals surface area (Å²) in [4.78, 5) is 25.9. The Balaban J connectivity index is 1.77. The van der Waals surface area contributed by atoms with Gasteiger partial charge < -0.3 is 9.84 Å². The van der Waals surface area contributed by atoms with E-state index in [1.165, 1.54) is 7.11 Å². The molecule has 1 heterocycles. The molecule has 128 valence electrons. The lowest BCUT2D eigenvalue weighted by molar-refractivity contribution is -0.138. The Labute approximate surface area is 150 Å². The maximum absolute atomic E-state index is 12.6. The Morgan fingerprint density at radius 2 is 1.64 bits per heavy atom. The third-order valence-corrected chi connectivity index (χ3v) is 4.31. The van der Waals surface area contributed by atoms with Gasteiger partial charge in [-0.25, -0.2) is 0 Å². The molecule has 1 aliphatic rings. The summed E-state index contributed by atoms with van der Waals surface area (Å²) in [5.74, 6) is -1.07. The fourth-order valence-electron chi connectivity index (χ4n) is 2.68. The van der Waals surface area contributed by atoms with Crippen LogP contribution in [0.25, 0.3) is 5.57 Å². The van der Waals surface area contributed by atoms with E-state index in [4.69, 9.17) is 16.3 Å². The molecule has 0 fully saturated rings. The molecule has 0 aliphatic carbocycles. The minimum absolute atomic E-state index is 0.0174. The first-order chi connectivity index (χ1) is 12.0. The van der Waals surface area contributed by atoms with Crippen LogP contribution in [0.4, 0.5) is 0 Å². The van der Waals surface area contributed by atoms with Crippen molar-refractivity contribution in [2.45, 2.75) is 6.42 Å². The number of hydrogen-bond acceptors (Lipinski definition) is 4. The number of aliphatic hydroxyl groups is 1. The Hall–Kier alpha value is -2.79. The molecule has 5 nitrogen and oxygen atoms in total. The summed E-state index contributed by atoms with van der Waals surface area (Å²) in [7, 11) is 1.54. The van der Waals surface area contributed by atoms with Crippen LogP contribution in [0.2, 0.25) is 5.02 Å². The minimum atomic E-state index is -0.676. The molecule has 0 spiro atoms. The number of nitrogens with zero attached hydrogens (tertiary/aromatic N) is 1. The van der Waals surface area contributed by atoms with Gasteiger partial charge in [-0.1, -0.05) is 35.9 Å². The monoisotopic (exact) mass is 357 g/mol. The van der Waals surface area contributed by atoms with Gasteiger partial charge in [-0.15, -0.1) is 0 Å². The number of methoxy groups -OCH3 is 1. The highest BCUT2D eigenvalue weighted by molar-refractivity contribution is 6.34. The number of imide groups is 1. The quantitative estimate of drug-likeness (QED) is 0.834. The zero-order valence-electron chi connectivity index (χ0n) is 13.5. The van der Waals surface area contributed by atoms with E-state index >= 15 is 0 Å². The van der Waals surface area contributed by atoms with Gasteiger partial charge in [0.25, 0.3) is 11.8 Å². The molecule has 0 bridgehead atoms. The van der Waals surface area contributed by atoms with Gasteiger partial charge in [-0.3, -0.25) is 14.5 Å².